The Balaban J connectivity index is 3.02. The summed E-state index contributed by atoms with van der Waals surface area (Å²) in [4.78, 5) is 4.46. The maximum Gasteiger partial charge on any atom is 0.120 e. The topological polar surface area (TPSA) is 48.6 Å². The van der Waals surface area contributed by atoms with Gasteiger partial charge in [-0.15, -0.1) is 11.3 Å². The van der Waals surface area contributed by atoms with E-state index in [2.05, 4.69) is 32.8 Å². The summed E-state index contributed by atoms with van der Waals surface area (Å²) in [5.74, 6) is 0. The lowest BCUT2D eigenvalue weighted by Gasteiger charge is -1.90. The Morgan fingerprint density at radius 1 is 1.67 bits per heavy atom. The lowest BCUT2D eigenvalue weighted by atomic mass is 10.4. The molecule has 0 saturated heterocycles. The fraction of sp³-hybridized carbons (Fsp3) is 0. The first-order valence-electron chi connectivity index (χ1n) is 3.07. The molecule has 0 aliphatic rings. The molecule has 0 fully saturated rings. The summed E-state index contributed by atoms with van der Waals surface area (Å²) in [6.07, 6.45) is 1.46. The fourth-order valence-corrected chi connectivity index (χ4v) is 2.03. The van der Waals surface area contributed by atoms with Crippen LogP contribution in [0.4, 0.5) is 0 Å². The molecule has 0 amide bonds. The van der Waals surface area contributed by atoms with Crippen molar-refractivity contribution < 1.29 is 0 Å². The number of rotatable bonds is 3. The van der Waals surface area contributed by atoms with E-state index in [1.54, 1.807) is 0 Å². The van der Waals surface area contributed by atoms with Gasteiger partial charge in [-0.25, -0.2) is 5.53 Å². The molecular formula is C7H6BrN3S. The third-order valence-corrected chi connectivity index (χ3v) is 2.81. The largest absolute Gasteiger partial charge is 0.270 e. The Labute approximate surface area is 82.5 Å². The molecule has 0 spiro atoms. The van der Waals surface area contributed by atoms with Crippen LogP contribution in [0.25, 0.3) is 5.70 Å². The molecule has 0 atom stereocenters. The molecule has 0 radical (unpaired) electrons. The number of thiophene rings is 1. The lowest BCUT2D eigenvalue weighted by molar-refractivity contribution is 1.16. The van der Waals surface area contributed by atoms with Crippen molar-refractivity contribution in [1.82, 2.24) is 0 Å². The first-order chi connectivity index (χ1) is 5.77. The van der Waals surface area contributed by atoms with E-state index in [0.29, 0.717) is 5.70 Å². The molecule has 1 rings (SSSR count). The predicted molar refractivity (Wildman–Crippen MR) is 54.7 cm³/mol. The van der Waals surface area contributed by atoms with Crippen molar-refractivity contribution in [1.29, 1.82) is 5.53 Å². The van der Waals surface area contributed by atoms with Gasteiger partial charge in [-0.3, -0.25) is 4.99 Å². The van der Waals surface area contributed by atoms with Crippen molar-refractivity contribution in [2.24, 2.45) is 10.1 Å². The zero-order chi connectivity index (χ0) is 8.97. The van der Waals surface area contributed by atoms with Crippen LogP contribution in [0.5, 0.6) is 0 Å². The van der Waals surface area contributed by atoms with Gasteiger partial charge in [-0.2, -0.15) is 5.11 Å². The SMILES string of the molecule is C=N/C=C(\N=N)c1ccc(Br)s1. The van der Waals surface area contributed by atoms with Crippen LogP contribution < -0.4 is 0 Å². The van der Waals surface area contributed by atoms with E-state index in [4.69, 9.17) is 5.53 Å². The number of hydrogen-bond donors (Lipinski definition) is 1. The highest BCUT2D eigenvalue weighted by molar-refractivity contribution is 9.11. The van der Waals surface area contributed by atoms with Crippen molar-refractivity contribution in [3.63, 3.8) is 0 Å². The van der Waals surface area contributed by atoms with Gasteiger partial charge in [-0.1, -0.05) is 0 Å². The first kappa shape index (κ1) is 9.28. The van der Waals surface area contributed by atoms with Gasteiger partial charge in [0.15, 0.2) is 0 Å². The van der Waals surface area contributed by atoms with Crippen LogP contribution in [0, 0.1) is 5.53 Å². The summed E-state index contributed by atoms with van der Waals surface area (Å²) in [5.41, 5.74) is 7.40. The molecule has 0 aromatic carbocycles. The molecule has 5 heteroatoms. The van der Waals surface area contributed by atoms with E-state index in [1.807, 2.05) is 12.1 Å². The average Bonchev–Trinajstić information content (AvgIpc) is 2.47. The van der Waals surface area contributed by atoms with Crippen LogP contribution >= 0.6 is 27.3 Å². The molecule has 0 aliphatic heterocycles. The third-order valence-electron chi connectivity index (χ3n) is 1.16. The minimum absolute atomic E-state index is 0.528. The van der Waals surface area contributed by atoms with E-state index < -0.39 is 0 Å². The molecule has 62 valence electrons. The minimum atomic E-state index is 0.528. The van der Waals surface area contributed by atoms with Crippen molar-refractivity contribution in [3.8, 4) is 0 Å². The zero-order valence-electron chi connectivity index (χ0n) is 6.12. The second-order valence-corrected chi connectivity index (χ2v) is 4.38. The Hall–Kier alpha value is -0.810. The predicted octanol–water partition coefficient (Wildman–Crippen LogP) is 3.54. The van der Waals surface area contributed by atoms with Gasteiger partial charge in [0, 0.05) is 0 Å². The highest BCUT2D eigenvalue weighted by Gasteiger charge is 2.02. The van der Waals surface area contributed by atoms with Gasteiger partial charge in [0.05, 0.1) is 14.9 Å². The van der Waals surface area contributed by atoms with Gasteiger partial charge in [-0.05, 0) is 34.8 Å². The van der Waals surface area contributed by atoms with Crippen LogP contribution in [-0.4, -0.2) is 6.72 Å². The minimum Gasteiger partial charge on any atom is -0.270 e. The number of halogens is 1. The highest BCUT2D eigenvalue weighted by atomic mass is 79.9. The van der Waals surface area contributed by atoms with Crippen molar-refractivity contribution in [3.05, 3.63) is 27.0 Å². The van der Waals surface area contributed by atoms with E-state index in [1.165, 1.54) is 17.5 Å². The van der Waals surface area contributed by atoms with E-state index in [-0.39, 0.29) is 0 Å². The van der Waals surface area contributed by atoms with Crippen LogP contribution in [0.2, 0.25) is 0 Å². The molecule has 1 aromatic heterocycles. The van der Waals surface area contributed by atoms with Crippen LogP contribution in [0.3, 0.4) is 0 Å². The van der Waals surface area contributed by atoms with Crippen LogP contribution in [0.15, 0.2) is 32.2 Å². The summed E-state index contributed by atoms with van der Waals surface area (Å²) in [6, 6.07) is 3.78. The summed E-state index contributed by atoms with van der Waals surface area (Å²) < 4.78 is 1.01. The van der Waals surface area contributed by atoms with Gasteiger partial charge >= 0.3 is 0 Å². The van der Waals surface area contributed by atoms with E-state index in [0.717, 1.165) is 8.66 Å². The highest BCUT2D eigenvalue weighted by Crippen LogP contribution is 2.28. The van der Waals surface area contributed by atoms with Gasteiger partial charge < -0.3 is 0 Å². The molecule has 0 unspecified atom stereocenters. The summed E-state index contributed by atoms with van der Waals surface area (Å²) in [6.45, 7) is 3.30. The molecule has 1 N–H and O–H groups in total. The van der Waals surface area contributed by atoms with Crippen LogP contribution in [-0.2, 0) is 0 Å². The summed E-state index contributed by atoms with van der Waals surface area (Å²) in [5, 5.41) is 3.33. The second kappa shape index (κ2) is 4.27. The Kier molecular flexibility index (Phi) is 3.31. The first-order valence-corrected chi connectivity index (χ1v) is 4.68. The number of nitrogens with zero attached hydrogens (tertiary/aromatic N) is 2. The fourth-order valence-electron chi connectivity index (χ4n) is 0.686. The Morgan fingerprint density at radius 3 is 2.83 bits per heavy atom. The summed E-state index contributed by atoms with van der Waals surface area (Å²) in [7, 11) is 0. The molecule has 0 aliphatic carbocycles. The van der Waals surface area contributed by atoms with Crippen molar-refractivity contribution in [2.75, 3.05) is 0 Å². The zero-order valence-corrected chi connectivity index (χ0v) is 8.52. The van der Waals surface area contributed by atoms with Gasteiger partial charge in [0.2, 0.25) is 0 Å². The summed E-state index contributed by atoms with van der Waals surface area (Å²) >= 11 is 4.83. The average molecular weight is 244 g/mol. The monoisotopic (exact) mass is 243 g/mol. The smallest absolute Gasteiger partial charge is 0.120 e. The van der Waals surface area contributed by atoms with E-state index >= 15 is 0 Å². The maximum atomic E-state index is 6.87. The molecular weight excluding hydrogens is 238 g/mol. The van der Waals surface area contributed by atoms with Gasteiger partial charge in [0.1, 0.15) is 5.70 Å². The molecule has 1 aromatic rings. The lowest BCUT2D eigenvalue weighted by Crippen LogP contribution is -1.70. The normalized spacial score (nSPS) is 11.2. The quantitative estimate of drug-likeness (QED) is 0.624. The van der Waals surface area contributed by atoms with E-state index in [9.17, 15) is 0 Å². The molecule has 0 saturated carbocycles. The Bertz CT molecular complexity index is 329. The number of hydrogen-bond acceptors (Lipinski definition) is 4. The van der Waals surface area contributed by atoms with Crippen LogP contribution in [0.1, 0.15) is 4.88 Å². The Morgan fingerprint density at radius 2 is 2.42 bits per heavy atom. The van der Waals surface area contributed by atoms with Gasteiger partial charge in [0.25, 0.3) is 0 Å². The molecule has 0 bridgehead atoms. The molecule has 12 heavy (non-hydrogen) atoms. The third kappa shape index (κ3) is 2.09. The maximum absolute atomic E-state index is 6.87. The van der Waals surface area contributed by atoms with Crippen molar-refractivity contribution in [2.45, 2.75) is 0 Å². The standard InChI is InChI=1S/C7H6BrN3S/c1-10-4-5(11-9)6-2-3-7(8)12-6/h2-4,9H,1H2/b5-4-,11-9?. The second-order valence-electron chi connectivity index (χ2n) is 1.91. The van der Waals surface area contributed by atoms with Crippen molar-refractivity contribution >= 4 is 39.7 Å². The number of nitrogens with one attached hydrogen (secondary N) is 1. The number of aliphatic imine (C=N–C) groups is 1. The molecule has 1 heterocycles. The molecule has 3 nitrogen and oxygen atoms in total.